The molecule has 136 valence electrons. The lowest BCUT2D eigenvalue weighted by atomic mass is 10.0. The Bertz CT molecular complexity index is 847. The maximum Gasteiger partial charge on any atom is 0.241 e. The van der Waals surface area contributed by atoms with Gasteiger partial charge >= 0.3 is 0 Å². The van der Waals surface area contributed by atoms with Crippen LogP contribution in [0.4, 0.5) is 0 Å². The van der Waals surface area contributed by atoms with Gasteiger partial charge in [-0.25, -0.2) is 13.1 Å². The van der Waals surface area contributed by atoms with Crippen molar-refractivity contribution in [1.29, 1.82) is 0 Å². The second kappa shape index (κ2) is 7.68. The fourth-order valence-corrected chi connectivity index (χ4v) is 4.75. The molecule has 2 aromatic carbocycles. The van der Waals surface area contributed by atoms with Crippen LogP contribution in [-0.2, 0) is 14.8 Å². The minimum Gasteiger partial charge on any atom is -0.375 e. The molecule has 0 aliphatic heterocycles. The zero-order chi connectivity index (χ0) is 18.8. The fraction of sp³-hybridized carbons (Fsp3) is 0.400. The van der Waals surface area contributed by atoms with Crippen molar-refractivity contribution in [2.24, 2.45) is 0 Å². The molecule has 0 aromatic heterocycles. The lowest BCUT2D eigenvalue weighted by Gasteiger charge is -2.20. The van der Waals surface area contributed by atoms with Crippen molar-refractivity contribution in [3.8, 4) is 0 Å². The van der Waals surface area contributed by atoms with Crippen LogP contribution in [0.25, 0.3) is 0 Å². The second-order valence-corrected chi connectivity index (χ2v) is 8.23. The molecule has 0 radical (unpaired) electrons. The first-order valence-electron chi connectivity index (χ1n) is 8.34. The van der Waals surface area contributed by atoms with Crippen LogP contribution < -0.4 is 4.72 Å². The highest BCUT2D eigenvalue weighted by atomic mass is 32.2. The van der Waals surface area contributed by atoms with Gasteiger partial charge in [0.15, 0.2) is 0 Å². The standard InChI is InChI=1S/C20H27NO3S/c1-13-9-7-8-10-18(13)19(24-6)12-21-25(22,23)20-16(4)14(2)11-15(3)17(20)5/h7-11,19,21H,12H2,1-6H3. The monoisotopic (exact) mass is 361 g/mol. The summed E-state index contributed by atoms with van der Waals surface area (Å²) in [5.74, 6) is 0. The molecule has 0 aliphatic rings. The van der Waals surface area contributed by atoms with Gasteiger partial charge in [-0.1, -0.05) is 30.3 Å². The molecule has 0 heterocycles. The van der Waals surface area contributed by atoms with E-state index in [-0.39, 0.29) is 12.6 Å². The van der Waals surface area contributed by atoms with Crippen molar-refractivity contribution in [1.82, 2.24) is 4.72 Å². The number of rotatable bonds is 6. The summed E-state index contributed by atoms with van der Waals surface area (Å²) in [6.45, 7) is 9.76. The highest BCUT2D eigenvalue weighted by Crippen LogP contribution is 2.27. The van der Waals surface area contributed by atoms with E-state index in [0.717, 1.165) is 33.4 Å². The SMILES string of the molecule is COC(CNS(=O)(=O)c1c(C)c(C)cc(C)c1C)c1ccccc1C. The lowest BCUT2D eigenvalue weighted by molar-refractivity contribution is 0.107. The predicted octanol–water partition coefficient (Wildman–Crippen LogP) is 3.89. The smallest absolute Gasteiger partial charge is 0.241 e. The Hall–Kier alpha value is -1.69. The number of sulfonamides is 1. The molecule has 0 fully saturated rings. The van der Waals surface area contributed by atoms with Crippen molar-refractivity contribution in [3.63, 3.8) is 0 Å². The second-order valence-electron chi connectivity index (χ2n) is 6.52. The lowest BCUT2D eigenvalue weighted by Crippen LogP contribution is -2.30. The molecule has 5 heteroatoms. The van der Waals surface area contributed by atoms with Crippen LogP contribution in [0.1, 0.15) is 39.5 Å². The number of hydrogen-bond donors (Lipinski definition) is 1. The van der Waals surface area contributed by atoms with E-state index in [1.165, 1.54) is 0 Å². The van der Waals surface area contributed by atoms with Gasteiger partial charge in [0.1, 0.15) is 0 Å². The average molecular weight is 362 g/mol. The van der Waals surface area contributed by atoms with E-state index in [9.17, 15) is 8.42 Å². The molecule has 1 unspecified atom stereocenters. The first-order chi connectivity index (χ1) is 11.7. The minimum absolute atomic E-state index is 0.190. The first-order valence-corrected chi connectivity index (χ1v) is 9.82. The van der Waals surface area contributed by atoms with Crippen LogP contribution in [-0.4, -0.2) is 22.1 Å². The van der Waals surface area contributed by atoms with Gasteiger partial charge < -0.3 is 4.74 Å². The summed E-state index contributed by atoms with van der Waals surface area (Å²) >= 11 is 0. The third-order valence-electron chi connectivity index (χ3n) is 4.84. The van der Waals surface area contributed by atoms with Crippen LogP contribution in [0, 0.1) is 34.6 Å². The molecule has 0 spiro atoms. The quantitative estimate of drug-likeness (QED) is 0.849. The van der Waals surface area contributed by atoms with Gasteiger partial charge in [-0.2, -0.15) is 0 Å². The van der Waals surface area contributed by atoms with E-state index in [1.54, 1.807) is 7.11 Å². The van der Waals surface area contributed by atoms with E-state index in [0.29, 0.717) is 4.90 Å². The van der Waals surface area contributed by atoms with E-state index < -0.39 is 10.0 Å². The van der Waals surface area contributed by atoms with Crippen LogP contribution >= 0.6 is 0 Å². The fourth-order valence-electron chi connectivity index (χ4n) is 3.11. The highest BCUT2D eigenvalue weighted by molar-refractivity contribution is 7.89. The Morgan fingerprint density at radius 3 is 2.04 bits per heavy atom. The highest BCUT2D eigenvalue weighted by Gasteiger charge is 2.24. The van der Waals surface area contributed by atoms with E-state index >= 15 is 0 Å². The molecule has 0 saturated carbocycles. The molecule has 0 aliphatic carbocycles. The van der Waals surface area contributed by atoms with Gasteiger partial charge in [0, 0.05) is 13.7 Å². The van der Waals surface area contributed by atoms with Crippen LogP contribution in [0.15, 0.2) is 35.2 Å². The predicted molar refractivity (Wildman–Crippen MR) is 102 cm³/mol. The molecule has 4 nitrogen and oxygen atoms in total. The Kier molecular flexibility index (Phi) is 6.03. The summed E-state index contributed by atoms with van der Waals surface area (Å²) < 4.78 is 34.2. The summed E-state index contributed by atoms with van der Waals surface area (Å²) in [6, 6.07) is 9.87. The van der Waals surface area contributed by atoms with Gasteiger partial charge in [0.05, 0.1) is 11.0 Å². The first kappa shape index (κ1) is 19.6. The van der Waals surface area contributed by atoms with Crippen molar-refractivity contribution in [2.75, 3.05) is 13.7 Å². The summed E-state index contributed by atoms with van der Waals surface area (Å²) in [4.78, 5) is 0.379. The van der Waals surface area contributed by atoms with Crippen LogP contribution in [0.5, 0.6) is 0 Å². The van der Waals surface area contributed by atoms with Gasteiger partial charge in [-0.15, -0.1) is 0 Å². The zero-order valence-electron chi connectivity index (χ0n) is 15.8. The maximum atomic E-state index is 12.9. The summed E-state index contributed by atoms with van der Waals surface area (Å²) in [7, 11) is -2.03. The third-order valence-corrected chi connectivity index (χ3v) is 6.54. The van der Waals surface area contributed by atoms with Gasteiger partial charge in [-0.05, 0) is 68.0 Å². The molecule has 25 heavy (non-hydrogen) atoms. The minimum atomic E-state index is -3.62. The number of hydrogen-bond acceptors (Lipinski definition) is 3. The Morgan fingerprint density at radius 1 is 0.960 bits per heavy atom. The summed E-state index contributed by atoms with van der Waals surface area (Å²) in [5.41, 5.74) is 5.60. The van der Waals surface area contributed by atoms with Crippen LogP contribution in [0.3, 0.4) is 0 Å². The van der Waals surface area contributed by atoms with Crippen molar-refractivity contribution < 1.29 is 13.2 Å². The molecular formula is C20H27NO3S. The van der Waals surface area contributed by atoms with Gasteiger partial charge in [0.2, 0.25) is 10.0 Å². The van der Waals surface area contributed by atoms with Crippen molar-refractivity contribution in [2.45, 2.75) is 45.6 Å². The zero-order valence-corrected chi connectivity index (χ0v) is 16.6. The van der Waals surface area contributed by atoms with E-state index in [1.807, 2.05) is 65.0 Å². The molecule has 2 aromatic rings. The van der Waals surface area contributed by atoms with Gasteiger partial charge in [-0.3, -0.25) is 0 Å². The number of ether oxygens (including phenoxy) is 1. The number of aryl methyl sites for hydroxylation is 3. The maximum absolute atomic E-state index is 12.9. The number of nitrogens with one attached hydrogen (secondary N) is 1. The molecule has 1 atom stereocenters. The third kappa shape index (κ3) is 4.11. The molecule has 0 saturated heterocycles. The molecule has 2 rings (SSSR count). The van der Waals surface area contributed by atoms with E-state index in [2.05, 4.69) is 4.72 Å². The van der Waals surface area contributed by atoms with Crippen molar-refractivity contribution >= 4 is 10.0 Å². The topological polar surface area (TPSA) is 55.4 Å². The Labute approximate surface area is 151 Å². The number of benzene rings is 2. The largest absolute Gasteiger partial charge is 0.375 e. The number of methoxy groups -OCH3 is 1. The molecule has 0 bridgehead atoms. The van der Waals surface area contributed by atoms with Crippen LogP contribution in [0.2, 0.25) is 0 Å². The van der Waals surface area contributed by atoms with Crippen molar-refractivity contribution in [3.05, 3.63) is 63.7 Å². The van der Waals surface area contributed by atoms with E-state index in [4.69, 9.17) is 4.74 Å². The Morgan fingerprint density at radius 2 is 1.52 bits per heavy atom. The molecular weight excluding hydrogens is 334 g/mol. The molecule has 0 amide bonds. The van der Waals surface area contributed by atoms with Gasteiger partial charge in [0.25, 0.3) is 0 Å². The normalized spacial score (nSPS) is 13.0. The Balaban J connectivity index is 2.33. The summed E-state index contributed by atoms with van der Waals surface area (Å²) in [5, 5.41) is 0. The average Bonchev–Trinajstić information content (AvgIpc) is 2.55. The molecule has 1 N–H and O–H groups in total. The summed E-state index contributed by atoms with van der Waals surface area (Å²) in [6.07, 6.45) is -0.331.